The molecule has 7 heteroatoms. The standard InChI is InChI=1S/C26H30N2O5/c1-3-17(24(29)28-13-18(14-28)16(2)25(30)31)12-27-26(32)33-15-23-21-10-6-4-8-19(21)20-9-5-7-11-22(20)23/h4-11,16-18,23H,3,12-15H2,1-2H3,(H,27,32)(H,30,31). The number of benzene rings is 2. The molecule has 2 unspecified atom stereocenters. The van der Waals surface area contributed by atoms with Crippen LogP contribution in [0.15, 0.2) is 48.5 Å². The van der Waals surface area contributed by atoms with Crippen molar-refractivity contribution in [1.82, 2.24) is 10.2 Å². The Bertz CT molecular complexity index is 1000. The fraction of sp³-hybridized carbons (Fsp3) is 0.423. The molecule has 0 spiro atoms. The highest BCUT2D eigenvalue weighted by Gasteiger charge is 2.39. The Morgan fingerprint density at radius 1 is 1.06 bits per heavy atom. The number of fused-ring (bicyclic) bond motifs is 3. The van der Waals surface area contributed by atoms with Crippen LogP contribution < -0.4 is 5.32 Å². The molecule has 0 saturated carbocycles. The van der Waals surface area contributed by atoms with Crippen molar-refractivity contribution in [2.45, 2.75) is 26.2 Å². The molecular weight excluding hydrogens is 420 g/mol. The van der Waals surface area contributed by atoms with Crippen molar-refractivity contribution in [3.63, 3.8) is 0 Å². The van der Waals surface area contributed by atoms with Gasteiger partial charge in [0.15, 0.2) is 0 Å². The lowest BCUT2D eigenvalue weighted by molar-refractivity contribution is -0.152. The highest BCUT2D eigenvalue weighted by atomic mass is 16.5. The van der Waals surface area contributed by atoms with Crippen molar-refractivity contribution < 1.29 is 24.2 Å². The lowest BCUT2D eigenvalue weighted by Gasteiger charge is -2.42. The number of carbonyl (C=O) groups excluding carboxylic acids is 2. The first-order valence-electron chi connectivity index (χ1n) is 11.5. The van der Waals surface area contributed by atoms with E-state index in [4.69, 9.17) is 9.84 Å². The second kappa shape index (κ2) is 9.65. The van der Waals surface area contributed by atoms with Crippen LogP contribution in [0.25, 0.3) is 11.1 Å². The van der Waals surface area contributed by atoms with Gasteiger partial charge in [-0.1, -0.05) is 62.4 Å². The van der Waals surface area contributed by atoms with Crippen LogP contribution in [-0.2, 0) is 14.3 Å². The van der Waals surface area contributed by atoms with Crippen LogP contribution in [0.2, 0.25) is 0 Å². The highest BCUT2D eigenvalue weighted by Crippen LogP contribution is 2.44. The van der Waals surface area contributed by atoms with Gasteiger partial charge in [-0.25, -0.2) is 4.79 Å². The lowest BCUT2D eigenvalue weighted by Crippen LogP contribution is -2.56. The van der Waals surface area contributed by atoms with E-state index in [0.29, 0.717) is 19.5 Å². The number of carboxylic acid groups (broad SMARTS) is 1. The number of likely N-dealkylation sites (tertiary alicyclic amines) is 1. The van der Waals surface area contributed by atoms with Gasteiger partial charge in [0.2, 0.25) is 5.91 Å². The summed E-state index contributed by atoms with van der Waals surface area (Å²) in [6, 6.07) is 16.3. The molecule has 4 rings (SSSR count). The summed E-state index contributed by atoms with van der Waals surface area (Å²) >= 11 is 0. The molecule has 2 atom stereocenters. The lowest BCUT2D eigenvalue weighted by atomic mass is 9.86. The summed E-state index contributed by atoms with van der Waals surface area (Å²) in [5.74, 6) is -1.74. The molecule has 2 N–H and O–H groups in total. The van der Waals surface area contributed by atoms with Gasteiger partial charge < -0.3 is 20.1 Å². The third kappa shape index (κ3) is 4.58. The third-order valence-corrected chi connectivity index (χ3v) is 7.00. The number of hydrogen-bond acceptors (Lipinski definition) is 4. The van der Waals surface area contributed by atoms with Crippen molar-refractivity contribution in [3.05, 3.63) is 59.7 Å². The minimum Gasteiger partial charge on any atom is -0.481 e. The molecule has 33 heavy (non-hydrogen) atoms. The van der Waals surface area contributed by atoms with Crippen molar-refractivity contribution in [3.8, 4) is 11.1 Å². The van der Waals surface area contributed by atoms with Crippen molar-refractivity contribution in [2.75, 3.05) is 26.2 Å². The van der Waals surface area contributed by atoms with E-state index >= 15 is 0 Å². The first kappa shape index (κ1) is 22.8. The van der Waals surface area contributed by atoms with Crippen molar-refractivity contribution >= 4 is 18.0 Å². The number of carboxylic acids is 1. The van der Waals surface area contributed by atoms with Crippen molar-refractivity contribution in [2.24, 2.45) is 17.8 Å². The largest absolute Gasteiger partial charge is 0.481 e. The average molecular weight is 451 g/mol. The zero-order valence-corrected chi connectivity index (χ0v) is 19.0. The number of rotatable bonds is 8. The van der Waals surface area contributed by atoms with Crippen LogP contribution in [0.3, 0.4) is 0 Å². The SMILES string of the molecule is CCC(CNC(=O)OCC1c2ccccc2-c2ccccc21)C(=O)N1CC(C(C)C(=O)O)C1. The maximum Gasteiger partial charge on any atom is 0.407 e. The van der Waals surface area contributed by atoms with Crippen LogP contribution in [0.5, 0.6) is 0 Å². The number of nitrogens with one attached hydrogen (secondary N) is 1. The zero-order valence-electron chi connectivity index (χ0n) is 19.0. The van der Waals surface area contributed by atoms with Crippen LogP contribution in [0.1, 0.15) is 37.3 Å². The molecule has 2 amide bonds. The molecule has 2 aromatic rings. The van der Waals surface area contributed by atoms with E-state index in [2.05, 4.69) is 29.6 Å². The van der Waals surface area contributed by atoms with Crippen LogP contribution in [0, 0.1) is 17.8 Å². The summed E-state index contributed by atoms with van der Waals surface area (Å²) in [4.78, 5) is 37.9. The Morgan fingerprint density at radius 2 is 1.64 bits per heavy atom. The van der Waals surface area contributed by atoms with E-state index in [1.165, 1.54) is 11.1 Å². The first-order valence-corrected chi connectivity index (χ1v) is 11.5. The first-order chi connectivity index (χ1) is 15.9. The van der Waals surface area contributed by atoms with E-state index in [1.54, 1.807) is 11.8 Å². The molecule has 1 heterocycles. The molecule has 174 valence electrons. The van der Waals surface area contributed by atoms with Gasteiger partial charge in [0.1, 0.15) is 6.61 Å². The van der Waals surface area contributed by atoms with Gasteiger partial charge in [0.05, 0.1) is 11.8 Å². The molecule has 1 aliphatic heterocycles. The molecule has 1 saturated heterocycles. The molecular formula is C26H30N2O5. The minimum atomic E-state index is -0.837. The van der Waals surface area contributed by atoms with E-state index in [0.717, 1.165) is 11.1 Å². The number of aliphatic carboxylic acids is 1. The van der Waals surface area contributed by atoms with E-state index in [-0.39, 0.29) is 36.8 Å². The second-order valence-electron chi connectivity index (χ2n) is 8.94. The summed E-state index contributed by atoms with van der Waals surface area (Å²) in [5, 5.41) is 11.9. The normalized spacial score (nSPS) is 16.8. The Kier molecular flexibility index (Phi) is 6.67. The number of carbonyl (C=O) groups is 3. The summed E-state index contributed by atoms with van der Waals surface area (Å²) in [6.45, 7) is 4.90. The maximum absolute atomic E-state index is 12.7. The number of nitrogens with zero attached hydrogens (tertiary/aromatic N) is 1. The fourth-order valence-electron chi connectivity index (χ4n) is 4.73. The molecule has 0 radical (unpaired) electrons. The Morgan fingerprint density at radius 3 is 2.18 bits per heavy atom. The molecule has 7 nitrogen and oxygen atoms in total. The Hall–Kier alpha value is -3.35. The molecule has 2 aliphatic rings. The monoisotopic (exact) mass is 450 g/mol. The van der Waals surface area contributed by atoms with E-state index in [9.17, 15) is 14.4 Å². The minimum absolute atomic E-state index is 0.0130. The van der Waals surface area contributed by atoms with Gasteiger partial charge in [-0.2, -0.15) is 0 Å². The van der Waals surface area contributed by atoms with Gasteiger partial charge in [0, 0.05) is 31.5 Å². The van der Waals surface area contributed by atoms with E-state index < -0.39 is 18.0 Å². The smallest absolute Gasteiger partial charge is 0.407 e. The van der Waals surface area contributed by atoms with Gasteiger partial charge in [0.25, 0.3) is 0 Å². The van der Waals surface area contributed by atoms with Gasteiger partial charge >= 0.3 is 12.1 Å². The fourth-order valence-corrected chi connectivity index (χ4v) is 4.73. The summed E-state index contributed by atoms with van der Waals surface area (Å²) in [7, 11) is 0. The predicted molar refractivity (Wildman–Crippen MR) is 124 cm³/mol. The summed E-state index contributed by atoms with van der Waals surface area (Å²) in [5.41, 5.74) is 4.64. The number of ether oxygens (including phenoxy) is 1. The zero-order chi connectivity index (χ0) is 23.5. The highest BCUT2D eigenvalue weighted by molar-refractivity contribution is 5.81. The topological polar surface area (TPSA) is 95.9 Å². The Labute approximate surface area is 193 Å². The Balaban J connectivity index is 1.28. The molecule has 1 fully saturated rings. The predicted octanol–water partition coefficient (Wildman–Crippen LogP) is 3.73. The number of hydrogen-bond donors (Lipinski definition) is 2. The van der Waals surface area contributed by atoms with Crippen LogP contribution in [0.4, 0.5) is 4.79 Å². The van der Waals surface area contributed by atoms with E-state index in [1.807, 2.05) is 31.2 Å². The molecule has 0 bridgehead atoms. The van der Waals surface area contributed by atoms with Crippen molar-refractivity contribution in [1.29, 1.82) is 0 Å². The molecule has 2 aromatic carbocycles. The maximum atomic E-state index is 12.7. The van der Waals surface area contributed by atoms with Crippen LogP contribution >= 0.6 is 0 Å². The van der Waals surface area contributed by atoms with Gasteiger partial charge in [-0.15, -0.1) is 0 Å². The van der Waals surface area contributed by atoms with Gasteiger partial charge in [-0.3, -0.25) is 9.59 Å². The van der Waals surface area contributed by atoms with Gasteiger partial charge in [-0.05, 0) is 28.7 Å². The number of alkyl carbamates (subject to hydrolysis) is 1. The van der Waals surface area contributed by atoms with Crippen LogP contribution in [-0.4, -0.2) is 54.2 Å². The average Bonchev–Trinajstić information content (AvgIpc) is 3.10. The third-order valence-electron chi connectivity index (χ3n) is 7.00. The summed E-state index contributed by atoms with van der Waals surface area (Å²) in [6.07, 6.45) is 0.0436. The molecule has 0 aromatic heterocycles. The molecule has 1 aliphatic carbocycles. The quantitative estimate of drug-likeness (QED) is 0.639. The number of amides is 2. The second-order valence-corrected chi connectivity index (χ2v) is 8.94. The summed E-state index contributed by atoms with van der Waals surface area (Å²) < 4.78 is 5.55.